The summed E-state index contributed by atoms with van der Waals surface area (Å²) in [5.41, 5.74) is 12.4. The van der Waals surface area contributed by atoms with Gasteiger partial charge in [-0.3, -0.25) is 4.79 Å². The highest BCUT2D eigenvalue weighted by atomic mass is 16.3. The number of nitrogens with one attached hydrogen (secondary N) is 2. The van der Waals surface area contributed by atoms with E-state index in [0.29, 0.717) is 46.7 Å². The third-order valence-electron chi connectivity index (χ3n) is 7.02. The molecule has 4 aliphatic carbocycles. The number of carbonyl (C=O) groups is 1. The molecule has 4 aliphatic rings. The maximum Gasteiger partial charge on any atom is 0.248 e. The molecule has 1 amide bonds. The maximum atomic E-state index is 11.3. The first-order chi connectivity index (χ1) is 14.8. The second-order valence-electron chi connectivity index (χ2n) is 9.59. The number of anilines is 4. The standard InChI is InChI=1S/C23H26N6O2/c24-11-17-18(25)6-19(27-16-3-1-15(2-4-16)20(26)30)28-21(17)29-22-7-13-5-14(8-22)10-23(31,9-13)12-22/h1-4,6,13-14,31H,5,7-10,12H2,(H2,26,30)(H4,25,27,28,29). The summed E-state index contributed by atoms with van der Waals surface area (Å²) in [6, 6.07) is 10.5. The van der Waals surface area contributed by atoms with Gasteiger partial charge in [0.15, 0.2) is 0 Å². The van der Waals surface area contributed by atoms with Gasteiger partial charge in [-0.25, -0.2) is 4.98 Å². The molecule has 2 aromatic rings. The summed E-state index contributed by atoms with van der Waals surface area (Å²) in [5.74, 6) is 1.47. The van der Waals surface area contributed by atoms with E-state index in [1.165, 1.54) is 6.42 Å². The lowest BCUT2D eigenvalue weighted by atomic mass is 9.51. The quantitative estimate of drug-likeness (QED) is 0.501. The Morgan fingerprint density at radius 1 is 1.19 bits per heavy atom. The molecule has 8 heteroatoms. The van der Waals surface area contributed by atoms with E-state index in [9.17, 15) is 15.2 Å². The van der Waals surface area contributed by atoms with Crippen LogP contribution in [0.3, 0.4) is 0 Å². The number of nitrogens with two attached hydrogens (primary N) is 2. The molecule has 4 fully saturated rings. The first-order valence-corrected chi connectivity index (χ1v) is 10.6. The molecule has 0 saturated heterocycles. The van der Waals surface area contributed by atoms with Crippen LogP contribution in [0.15, 0.2) is 30.3 Å². The number of aliphatic hydroxyl groups is 1. The fourth-order valence-corrected chi connectivity index (χ4v) is 6.31. The fraction of sp³-hybridized carbons (Fsp3) is 0.435. The lowest BCUT2D eigenvalue weighted by Crippen LogP contribution is -2.62. The van der Waals surface area contributed by atoms with Gasteiger partial charge in [-0.15, -0.1) is 0 Å². The van der Waals surface area contributed by atoms with Crippen molar-refractivity contribution in [3.8, 4) is 6.07 Å². The van der Waals surface area contributed by atoms with Crippen LogP contribution in [0.1, 0.15) is 54.4 Å². The lowest BCUT2D eigenvalue weighted by Gasteiger charge is -2.60. The minimum atomic E-state index is -0.618. The Morgan fingerprint density at radius 3 is 2.45 bits per heavy atom. The topological polar surface area (TPSA) is 150 Å². The molecule has 2 unspecified atom stereocenters. The zero-order valence-electron chi connectivity index (χ0n) is 17.2. The number of nitrogen functional groups attached to an aromatic ring is 1. The zero-order valence-corrected chi connectivity index (χ0v) is 17.2. The highest BCUT2D eigenvalue weighted by Gasteiger charge is 2.57. The minimum absolute atomic E-state index is 0.258. The fourth-order valence-electron chi connectivity index (χ4n) is 6.31. The van der Waals surface area contributed by atoms with E-state index in [1.807, 2.05) is 0 Å². The van der Waals surface area contributed by atoms with Crippen LogP contribution in [-0.2, 0) is 0 Å². The Bertz CT molecular complexity index is 1080. The van der Waals surface area contributed by atoms with Gasteiger partial charge in [-0.1, -0.05) is 0 Å². The summed E-state index contributed by atoms with van der Waals surface area (Å²) >= 11 is 0. The van der Waals surface area contributed by atoms with Crippen LogP contribution in [0.4, 0.5) is 23.0 Å². The normalized spacial score (nSPS) is 30.6. The molecule has 1 aromatic carbocycles. The molecule has 31 heavy (non-hydrogen) atoms. The number of hydrogen-bond donors (Lipinski definition) is 5. The van der Waals surface area contributed by atoms with Crippen molar-refractivity contribution in [1.82, 2.24) is 4.98 Å². The summed E-state index contributed by atoms with van der Waals surface area (Å²) < 4.78 is 0. The van der Waals surface area contributed by atoms with Crippen molar-refractivity contribution in [2.24, 2.45) is 17.6 Å². The maximum absolute atomic E-state index is 11.3. The number of pyridine rings is 1. The van der Waals surface area contributed by atoms with Crippen molar-refractivity contribution < 1.29 is 9.90 Å². The average molecular weight is 419 g/mol. The lowest BCUT2D eigenvalue weighted by molar-refractivity contribution is -0.127. The smallest absolute Gasteiger partial charge is 0.248 e. The van der Waals surface area contributed by atoms with Crippen molar-refractivity contribution in [2.45, 2.75) is 49.7 Å². The molecule has 160 valence electrons. The molecule has 6 rings (SSSR count). The van der Waals surface area contributed by atoms with Crippen molar-refractivity contribution >= 4 is 28.9 Å². The van der Waals surface area contributed by atoms with E-state index >= 15 is 0 Å². The largest absolute Gasteiger partial charge is 0.397 e. The monoisotopic (exact) mass is 418 g/mol. The highest BCUT2D eigenvalue weighted by Crippen LogP contribution is 2.58. The van der Waals surface area contributed by atoms with Crippen LogP contribution < -0.4 is 22.1 Å². The van der Waals surface area contributed by atoms with Crippen LogP contribution in [0, 0.1) is 23.2 Å². The third-order valence-corrected chi connectivity index (χ3v) is 7.02. The molecule has 1 heterocycles. The van der Waals surface area contributed by atoms with Crippen LogP contribution in [0.25, 0.3) is 0 Å². The van der Waals surface area contributed by atoms with E-state index in [0.717, 1.165) is 31.4 Å². The van der Waals surface area contributed by atoms with Gasteiger partial charge in [0.25, 0.3) is 0 Å². The Hall–Kier alpha value is -3.31. The predicted octanol–water partition coefficient (Wildman–Crippen LogP) is 2.87. The van der Waals surface area contributed by atoms with Gasteiger partial charge >= 0.3 is 0 Å². The number of hydrogen-bond acceptors (Lipinski definition) is 7. The second-order valence-corrected chi connectivity index (χ2v) is 9.59. The molecule has 0 radical (unpaired) electrons. The number of rotatable bonds is 5. The number of carbonyl (C=O) groups excluding carboxylic acids is 1. The van der Waals surface area contributed by atoms with E-state index in [-0.39, 0.29) is 5.54 Å². The van der Waals surface area contributed by atoms with Crippen LogP contribution in [0.5, 0.6) is 0 Å². The van der Waals surface area contributed by atoms with Crippen LogP contribution in [0.2, 0.25) is 0 Å². The van der Waals surface area contributed by atoms with Crippen molar-refractivity contribution in [1.29, 1.82) is 5.26 Å². The number of benzene rings is 1. The Balaban J connectivity index is 1.44. The molecular formula is C23H26N6O2. The van der Waals surface area contributed by atoms with E-state index < -0.39 is 11.5 Å². The van der Waals surface area contributed by atoms with Crippen molar-refractivity contribution in [2.75, 3.05) is 16.4 Å². The van der Waals surface area contributed by atoms with Crippen molar-refractivity contribution in [3.05, 3.63) is 41.5 Å². The van der Waals surface area contributed by atoms with Crippen molar-refractivity contribution in [3.63, 3.8) is 0 Å². The number of nitriles is 1. The number of amides is 1. The predicted molar refractivity (Wildman–Crippen MR) is 118 cm³/mol. The Morgan fingerprint density at radius 2 is 1.87 bits per heavy atom. The average Bonchev–Trinajstić information content (AvgIpc) is 2.66. The Kier molecular flexibility index (Phi) is 4.34. The summed E-state index contributed by atoms with van der Waals surface area (Å²) in [6.45, 7) is 0. The minimum Gasteiger partial charge on any atom is -0.397 e. The van der Waals surface area contributed by atoms with E-state index in [2.05, 4.69) is 21.7 Å². The number of aromatic nitrogens is 1. The molecular weight excluding hydrogens is 392 g/mol. The molecule has 1 aromatic heterocycles. The van der Waals surface area contributed by atoms with Gasteiger partial charge in [0.05, 0.1) is 11.3 Å². The highest BCUT2D eigenvalue weighted by molar-refractivity contribution is 5.93. The van der Waals surface area contributed by atoms with Gasteiger partial charge in [-0.05, 0) is 74.6 Å². The molecule has 4 bridgehead atoms. The molecule has 0 aliphatic heterocycles. The van der Waals surface area contributed by atoms with Crippen LogP contribution in [-0.4, -0.2) is 27.1 Å². The first kappa shape index (κ1) is 19.6. The molecule has 8 nitrogen and oxygen atoms in total. The summed E-state index contributed by atoms with van der Waals surface area (Å²) in [5, 5.41) is 27.5. The van der Waals surface area contributed by atoms with E-state index in [1.54, 1.807) is 30.3 Å². The summed E-state index contributed by atoms with van der Waals surface area (Å²) in [7, 11) is 0. The molecule has 7 N–H and O–H groups in total. The summed E-state index contributed by atoms with van der Waals surface area (Å²) in [4.78, 5) is 15.9. The number of primary amides is 1. The van der Waals surface area contributed by atoms with Gasteiger partial charge in [-0.2, -0.15) is 5.26 Å². The summed E-state index contributed by atoms with van der Waals surface area (Å²) in [6.07, 6.45) is 5.54. The van der Waals surface area contributed by atoms with Gasteiger partial charge in [0, 0.05) is 22.9 Å². The SMILES string of the molecule is N#Cc1c(N)cc(Nc2ccc(C(N)=O)cc2)nc1NC12CC3CC(CC(O)(C3)C1)C2. The van der Waals surface area contributed by atoms with Gasteiger partial charge in [0.2, 0.25) is 5.91 Å². The molecule has 0 spiro atoms. The van der Waals surface area contributed by atoms with E-state index in [4.69, 9.17) is 11.5 Å². The number of nitrogens with zero attached hydrogens (tertiary/aromatic N) is 2. The first-order valence-electron chi connectivity index (χ1n) is 10.6. The molecule has 2 atom stereocenters. The van der Waals surface area contributed by atoms with Gasteiger partial charge in [0.1, 0.15) is 23.3 Å². The zero-order chi connectivity index (χ0) is 21.8. The molecule has 4 saturated carbocycles. The van der Waals surface area contributed by atoms with Gasteiger partial charge < -0.3 is 27.2 Å². The van der Waals surface area contributed by atoms with Crippen LogP contribution >= 0.6 is 0 Å². The second kappa shape index (κ2) is 6.86. The Labute approximate surface area is 180 Å². The third kappa shape index (κ3) is 3.55.